The van der Waals surface area contributed by atoms with Crippen LogP contribution in [0.15, 0.2) is 73.1 Å². The molecule has 0 unspecified atom stereocenters. The molecule has 1 fully saturated rings. The summed E-state index contributed by atoms with van der Waals surface area (Å²) in [4.78, 5) is 8.08. The number of aromatic amines is 1. The number of hydrogen-bond donors (Lipinski definition) is 1. The molecule has 1 aliphatic rings. The molecule has 0 radical (unpaired) electrons. The third-order valence-electron chi connectivity index (χ3n) is 6.98. The van der Waals surface area contributed by atoms with Crippen LogP contribution in [0.25, 0.3) is 22.0 Å². The highest BCUT2D eigenvalue weighted by molar-refractivity contribution is 6.30. The van der Waals surface area contributed by atoms with Crippen molar-refractivity contribution in [2.75, 3.05) is 0 Å². The van der Waals surface area contributed by atoms with Crippen LogP contribution >= 0.6 is 11.6 Å². The quantitative estimate of drug-likeness (QED) is 0.360. The van der Waals surface area contributed by atoms with E-state index in [0.717, 1.165) is 16.5 Å². The van der Waals surface area contributed by atoms with Crippen molar-refractivity contribution in [1.29, 1.82) is 0 Å². The van der Waals surface area contributed by atoms with Gasteiger partial charge in [-0.05, 0) is 90.5 Å². The third-order valence-corrected chi connectivity index (χ3v) is 7.23. The summed E-state index contributed by atoms with van der Waals surface area (Å²) in [5.41, 5.74) is 6.40. The zero-order valence-corrected chi connectivity index (χ0v) is 18.1. The van der Waals surface area contributed by atoms with Crippen LogP contribution in [-0.2, 0) is 0 Å². The van der Waals surface area contributed by atoms with Crippen LogP contribution in [-0.4, -0.2) is 9.97 Å². The van der Waals surface area contributed by atoms with Gasteiger partial charge in [0.15, 0.2) is 0 Å². The molecule has 2 aromatic carbocycles. The fourth-order valence-electron chi connectivity index (χ4n) is 5.14. The van der Waals surface area contributed by atoms with Crippen molar-refractivity contribution < 1.29 is 0 Å². The first-order valence-corrected chi connectivity index (χ1v) is 11.3. The zero-order valence-electron chi connectivity index (χ0n) is 17.3. The molecule has 1 saturated carbocycles. The van der Waals surface area contributed by atoms with Crippen molar-refractivity contribution in [3.8, 4) is 11.1 Å². The Hall–Kier alpha value is -2.58. The smallest absolute Gasteiger partial charge is 0.0704 e. The largest absolute Gasteiger partial charge is 0.364 e. The van der Waals surface area contributed by atoms with Gasteiger partial charge in [-0.3, -0.25) is 4.98 Å². The molecular formula is C27H27ClN2. The summed E-state index contributed by atoms with van der Waals surface area (Å²) in [6.07, 6.45) is 9.17. The van der Waals surface area contributed by atoms with Crippen LogP contribution in [0.2, 0.25) is 5.02 Å². The summed E-state index contributed by atoms with van der Waals surface area (Å²) in [6.45, 7) is 2.38. The van der Waals surface area contributed by atoms with Crippen LogP contribution < -0.4 is 0 Å². The highest BCUT2D eigenvalue weighted by Crippen LogP contribution is 2.43. The van der Waals surface area contributed by atoms with Gasteiger partial charge in [0.25, 0.3) is 0 Å². The molecule has 0 saturated heterocycles. The molecule has 2 nitrogen and oxygen atoms in total. The van der Waals surface area contributed by atoms with Crippen LogP contribution in [0, 0.1) is 5.92 Å². The number of benzene rings is 2. The highest BCUT2D eigenvalue weighted by atomic mass is 35.5. The van der Waals surface area contributed by atoms with Gasteiger partial charge in [0.2, 0.25) is 0 Å². The van der Waals surface area contributed by atoms with E-state index in [2.05, 4.69) is 71.6 Å². The second-order valence-corrected chi connectivity index (χ2v) is 9.10. The van der Waals surface area contributed by atoms with Crippen LogP contribution in [0.4, 0.5) is 0 Å². The van der Waals surface area contributed by atoms with Gasteiger partial charge in [-0.2, -0.15) is 0 Å². The molecule has 0 bridgehead atoms. The minimum Gasteiger partial charge on any atom is -0.364 e. The first kappa shape index (κ1) is 19.4. The molecule has 5 rings (SSSR count). The van der Waals surface area contributed by atoms with E-state index in [9.17, 15) is 0 Å². The van der Waals surface area contributed by atoms with Crippen molar-refractivity contribution in [3.63, 3.8) is 0 Å². The average molecular weight is 415 g/mol. The molecule has 2 aromatic heterocycles. The molecule has 30 heavy (non-hydrogen) atoms. The molecule has 4 aromatic rings. The van der Waals surface area contributed by atoms with Crippen molar-refractivity contribution in [2.24, 2.45) is 5.92 Å². The third kappa shape index (κ3) is 3.77. The molecule has 0 spiro atoms. The summed E-state index contributed by atoms with van der Waals surface area (Å²) in [6, 6.07) is 21.2. The van der Waals surface area contributed by atoms with Crippen LogP contribution in [0.1, 0.15) is 55.7 Å². The summed E-state index contributed by atoms with van der Waals surface area (Å²) >= 11 is 6.03. The molecule has 2 heterocycles. The van der Waals surface area contributed by atoms with Crippen molar-refractivity contribution in [3.05, 3.63) is 89.3 Å². The van der Waals surface area contributed by atoms with Crippen molar-refractivity contribution >= 4 is 22.5 Å². The Morgan fingerprint density at radius 3 is 2.50 bits per heavy atom. The number of rotatable bonds is 4. The van der Waals surface area contributed by atoms with Gasteiger partial charge in [0.05, 0.1) is 5.52 Å². The van der Waals surface area contributed by atoms with E-state index in [0.29, 0.717) is 11.8 Å². The van der Waals surface area contributed by atoms with Gasteiger partial charge in [0.1, 0.15) is 0 Å². The lowest BCUT2D eigenvalue weighted by molar-refractivity contribution is 0.289. The predicted octanol–water partition coefficient (Wildman–Crippen LogP) is 7.96. The highest BCUT2D eigenvalue weighted by Gasteiger charge is 2.28. The SMILES string of the molecule is C[C@@H](c1cc(-c2ccc(Cl)cc2)c[nH]1)C1CCC(c2ccnc3ccccc23)CC1. The number of nitrogens with zero attached hydrogens (tertiary/aromatic N) is 1. The normalized spacial score (nSPS) is 20.3. The Labute approximate surface area is 183 Å². The standard InChI is InChI=1S/C27H27ClN2/c1-18(27-16-22(17-30-27)20-10-12-23(28)13-11-20)19-6-8-21(9-7-19)24-14-15-29-26-5-3-2-4-25(24)26/h2-5,10-19,21,30H,6-9H2,1H3/t18-,19?,21?/m1/s1. The molecule has 152 valence electrons. The molecule has 1 N–H and O–H groups in total. The number of para-hydroxylation sites is 1. The Morgan fingerprint density at radius 1 is 0.933 bits per heavy atom. The summed E-state index contributed by atoms with van der Waals surface area (Å²) in [5, 5.41) is 2.11. The number of hydrogen-bond acceptors (Lipinski definition) is 1. The van der Waals surface area contributed by atoms with E-state index >= 15 is 0 Å². The molecule has 0 amide bonds. The van der Waals surface area contributed by atoms with E-state index in [1.807, 2.05) is 18.3 Å². The molecule has 1 aliphatic carbocycles. The average Bonchev–Trinajstić information content (AvgIpc) is 3.29. The lowest BCUT2D eigenvalue weighted by Gasteiger charge is -2.32. The Bertz CT molecular complexity index is 1130. The fourth-order valence-corrected chi connectivity index (χ4v) is 5.27. The number of fused-ring (bicyclic) bond motifs is 1. The second-order valence-electron chi connectivity index (χ2n) is 8.67. The Morgan fingerprint density at radius 2 is 1.70 bits per heavy atom. The molecule has 1 atom stereocenters. The van der Waals surface area contributed by atoms with Crippen LogP contribution in [0.3, 0.4) is 0 Å². The maximum absolute atomic E-state index is 6.03. The van der Waals surface area contributed by atoms with E-state index in [1.54, 1.807) is 0 Å². The Kier molecular flexibility index (Phi) is 5.35. The van der Waals surface area contributed by atoms with Crippen molar-refractivity contribution in [2.45, 2.75) is 44.4 Å². The van der Waals surface area contributed by atoms with Gasteiger partial charge >= 0.3 is 0 Å². The fraction of sp³-hybridized carbons (Fsp3) is 0.296. The van der Waals surface area contributed by atoms with Gasteiger partial charge in [-0.1, -0.05) is 48.9 Å². The van der Waals surface area contributed by atoms with Gasteiger partial charge in [0, 0.05) is 28.5 Å². The zero-order chi connectivity index (χ0) is 20.5. The number of nitrogens with one attached hydrogen (secondary N) is 1. The monoisotopic (exact) mass is 414 g/mol. The maximum atomic E-state index is 6.03. The van der Waals surface area contributed by atoms with Gasteiger partial charge in [-0.15, -0.1) is 0 Å². The molecule has 3 heteroatoms. The summed E-state index contributed by atoms with van der Waals surface area (Å²) < 4.78 is 0. The number of halogens is 1. The number of aromatic nitrogens is 2. The number of H-pyrrole nitrogens is 1. The molecular weight excluding hydrogens is 388 g/mol. The molecule has 0 aliphatic heterocycles. The minimum absolute atomic E-state index is 0.543. The maximum Gasteiger partial charge on any atom is 0.0704 e. The Balaban J connectivity index is 1.28. The topological polar surface area (TPSA) is 28.7 Å². The number of pyridine rings is 1. The first-order valence-electron chi connectivity index (χ1n) is 11.0. The van der Waals surface area contributed by atoms with Gasteiger partial charge < -0.3 is 4.98 Å². The van der Waals surface area contributed by atoms with Crippen LogP contribution in [0.5, 0.6) is 0 Å². The minimum atomic E-state index is 0.543. The van der Waals surface area contributed by atoms with E-state index in [4.69, 9.17) is 11.6 Å². The predicted molar refractivity (Wildman–Crippen MR) is 126 cm³/mol. The van der Waals surface area contributed by atoms with Gasteiger partial charge in [-0.25, -0.2) is 0 Å². The lowest BCUT2D eigenvalue weighted by atomic mass is 9.73. The second kappa shape index (κ2) is 8.28. The lowest BCUT2D eigenvalue weighted by Crippen LogP contribution is -2.18. The van der Waals surface area contributed by atoms with Crippen molar-refractivity contribution in [1.82, 2.24) is 9.97 Å². The van der Waals surface area contributed by atoms with E-state index < -0.39 is 0 Å². The summed E-state index contributed by atoms with van der Waals surface area (Å²) in [7, 11) is 0. The summed E-state index contributed by atoms with van der Waals surface area (Å²) in [5.74, 6) is 1.92. The van der Waals surface area contributed by atoms with E-state index in [-0.39, 0.29) is 0 Å². The first-order chi connectivity index (χ1) is 14.7. The van der Waals surface area contributed by atoms with E-state index in [1.165, 1.54) is 53.5 Å².